The number of fused-ring (bicyclic) bond motifs is 1. The van der Waals surface area contributed by atoms with Crippen molar-refractivity contribution in [3.8, 4) is 11.9 Å². The summed E-state index contributed by atoms with van der Waals surface area (Å²) < 4.78 is 70.4. The molecular formula is C23H22F3N5O3S. The summed E-state index contributed by atoms with van der Waals surface area (Å²) in [6, 6.07) is 6.87. The molecule has 0 spiro atoms. The van der Waals surface area contributed by atoms with Crippen LogP contribution in [0.5, 0.6) is 5.88 Å². The predicted octanol–water partition coefficient (Wildman–Crippen LogP) is 4.25. The van der Waals surface area contributed by atoms with Crippen LogP contribution < -0.4 is 10.1 Å². The molecule has 0 bridgehead atoms. The lowest BCUT2D eigenvalue weighted by Crippen LogP contribution is -2.36. The molecule has 0 radical (unpaired) electrons. The maximum Gasteiger partial charge on any atom is 0.266 e. The van der Waals surface area contributed by atoms with Crippen LogP contribution in [-0.4, -0.2) is 42.0 Å². The van der Waals surface area contributed by atoms with Gasteiger partial charge in [-0.05, 0) is 25.8 Å². The molecule has 8 nitrogen and oxygen atoms in total. The Kier molecular flexibility index (Phi) is 6.55. The zero-order valence-corrected chi connectivity index (χ0v) is 19.7. The number of aromatic nitrogens is 3. The van der Waals surface area contributed by atoms with Gasteiger partial charge in [0.1, 0.15) is 38.7 Å². The van der Waals surface area contributed by atoms with Crippen molar-refractivity contribution in [2.45, 2.75) is 37.6 Å². The standard InChI is InChI=1S/C23H22F3N5O3S/c1-13(14-4-3-5-15(18(14)24)20(25)26)30-21-16-10-17(31-22(34-2)19(16)28-12-29-21)23(11-27)6-8-35(32,33)9-7-23/h3-5,10,12-13,20H,6-9H2,1-2H3,(H,28,29,30)/t13-/m1/s1. The Labute approximate surface area is 200 Å². The van der Waals surface area contributed by atoms with Gasteiger partial charge < -0.3 is 10.1 Å². The first-order chi connectivity index (χ1) is 16.6. The van der Waals surface area contributed by atoms with Crippen LogP contribution in [0.4, 0.5) is 19.0 Å². The van der Waals surface area contributed by atoms with Gasteiger partial charge in [0.2, 0.25) is 5.88 Å². The molecular weight excluding hydrogens is 483 g/mol. The minimum Gasteiger partial charge on any atom is -0.479 e. The number of alkyl halides is 2. The van der Waals surface area contributed by atoms with Crippen LogP contribution >= 0.6 is 0 Å². The van der Waals surface area contributed by atoms with Crippen LogP contribution in [0.2, 0.25) is 0 Å². The average Bonchev–Trinajstić information content (AvgIpc) is 2.84. The first-order valence-corrected chi connectivity index (χ1v) is 12.6. The third-order valence-corrected chi connectivity index (χ3v) is 7.93. The van der Waals surface area contributed by atoms with E-state index in [1.54, 1.807) is 13.0 Å². The molecule has 3 heterocycles. The first-order valence-electron chi connectivity index (χ1n) is 10.8. The van der Waals surface area contributed by atoms with E-state index in [1.807, 2.05) is 0 Å². The van der Waals surface area contributed by atoms with Crippen LogP contribution in [0.1, 0.15) is 49.1 Å². The normalized spacial score (nSPS) is 17.6. The minimum atomic E-state index is -3.23. The van der Waals surface area contributed by atoms with Gasteiger partial charge >= 0.3 is 0 Å². The first kappa shape index (κ1) is 24.7. The second-order valence-corrected chi connectivity index (χ2v) is 10.7. The summed E-state index contributed by atoms with van der Waals surface area (Å²) in [6.07, 6.45) is -1.56. The Morgan fingerprint density at radius 1 is 1.20 bits per heavy atom. The van der Waals surface area contributed by atoms with Gasteiger partial charge in [-0.15, -0.1) is 0 Å². The molecule has 12 heteroatoms. The van der Waals surface area contributed by atoms with Crippen molar-refractivity contribution in [3.05, 3.63) is 53.2 Å². The third kappa shape index (κ3) is 4.60. The van der Waals surface area contributed by atoms with E-state index in [0.29, 0.717) is 16.6 Å². The van der Waals surface area contributed by atoms with Gasteiger partial charge in [0, 0.05) is 5.56 Å². The second kappa shape index (κ2) is 9.30. The highest BCUT2D eigenvalue weighted by Gasteiger charge is 2.41. The molecule has 2 aromatic heterocycles. The van der Waals surface area contributed by atoms with E-state index in [1.165, 1.54) is 25.6 Å². The molecule has 1 atom stereocenters. The van der Waals surface area contributed by atoms with Crippen LogP contribution in [0.15, 0.2) is 30.6 Å². The lowest BCUT2D eigenvalue weighted by molar-refractivity contribution is 0.146. The Morgan fingerprint density at radius 2 is 1.89 bits per heavy atom. The molecule has 4 rings (SSSR count). The monoisotopic (exact) mass is 505 g/mol. The summed E-state index contributed by atoms with van der Waals surface area (Å²) in [5, 5.41) is 13.4. The Morgan fingerprint density at radius 3 is 2.51 bits per heavy atom. The van der Waals surface area contributed by atoms with Gasteiger partial charge in [-0.3, -0.25) is 0 Å². The molecule has 1 saturated heterocycles. The number of nitriles is 1. The smallest absolute Gasteiger partial charge is 0.266 e. The zero-order chi connectivity index (χ0) is 25.4. The van der Waals surface area contributed by atoms with E-state index < -0.39 is 39.1 Å². The number of hydrogen-bond donors (Lipinski definition) is 1. The summed E-state index contributed by atoms with van der Waals surface area (Å²) in [7, 11) is -1.85. The van der Waals surface area contributed by atoms with Gasteiger partial charge in [0.25, 0.3) is 6.43 Å². The molecule has 35 heavy (non-hydrogen) atoms. The van der Waals surface area contributed by atoms with Gasteiger partial charge in [-0.2, -0.15) is 5.26 Å². The third-order valence-electron chi connectivity index (χ3n) is 6.28. The molecule has 1 aromatic carbocycles. The number of nitrogens with zero attached hydrogens (tertiary/aromatic N) is 4. The molecule has 1 N–H and O–H groups in total. The molecule has 0 amide bonds. The fraction of sp³-hybridized carbons (Fsp3) is 0.391. The van der Waals surface area contributed by atoms with E-state index in [-0.39, 0.29) is 41.6 Å². The quantitative estimate of drug-likeness (QED) is 0.528. The molecule has 1 aliphatic rings. The maximum atomic E-state index is 14.7. The number of anilines is 1. The second-order valence-electron chi connectivity index (χ2n) is 8.40. The molecule has 0 unspecified atom stereocenters. The highest BCUT2D eigenvalue weighted by Crippen LogP contribution is 2.39. The summed E-state index contributed by atoms with van der Waals surface area (Å²) in [5.41, 5.74) is -1.18. The van der Waals surface area contributed by atoms with Crippen molar-refractivity contribution in [1.82, 2.24) is 15.0 Å². The number of ether oxygens (including phenoxy) is 1. The van der Waals surface area contributed by atoms with Gasteiger partial charge in [-0.25, -0.2) is 36.5 Å². The SMILES string of the molecule is COc1nc(C2(C#N)CCS(=O)(=O)CC2)cc2c(N[C@H](C)c3cccc(C(F)F)c3F)ncnc12. The van der Waals surface area contributed by atoms with Crippen molar-refractivity contribution in [1.29, 1.82) is 5.26 Å². The minimum absolute atomic E-state index is 0.0294. The number of pyridine rings is 1. The van der Waals surface area contributed by atoms with Crippen LogP contribution in [0, 0.1) is 17.1 Å². The predicted molar refractivity (Wildman–Crippen MR) is 122 cm³/mol. The highest BCUT2D eigenvalue weighted by molar-refractivity contribution is 7.91. The topological polar surface area (TPSA) is 118 Å². The van der Waals surface area contributed by atoms with Crippen molar-refractivity contribution in [2.24, 2.45) is 0 Å². The lowest BCUT2D eigenvalue weighted by atomic mass is 9.79. The fourth-order valence-corrected chi connectivity index (χ4v) is 5.73. The number of hydrogen-bond acceptors (Lipinski definition) is 8. The number of sulfone groups is 1. The van der Waals surface area contributed by atoms with Crippen molar-refractivity contribution < 1.29 is 26.3 Å². The summed E-state index contributed by atoms with van der Waals surface area (Å²) in [4.78, 5) is 12.9. The van der Waals surface area contributed by atoms with Gasteiger partial charge in [0.15, 0.2) is 0 Å². The van der Waals surface area contributed by atoms with Crippen molar-refractivity contribution >= 4 is 26.6 Å². The van der Waals surface area contributed by atoms with E-state index in [0.717, 1.165) is 6.07 Å². The number of rotatable bonds is 6. The average molecular weight is 506 g/mol. The summed E-state index contributed by atoms with van der Waals surface area (Å²) >= 11 is 0. The van der Waals surface area contributed by atoms with Gasteiger partial charge in [0.05, 0.1) is 47.4 Å². The maximum absolute atomic E-state index is 14.7. The van der Waals surface area contributed by atoms with Crippen LogP contribution in [0.3, 0.4) is 0 Å². The van der Waals surface area contributed by atoms with Gasteiger partial charge in [-0.1, -0.05) is 18.2 Å². The number of halogens is 3. The fourth-order valence-electron chi connectivity index (χ4n) is 4.20. The zero-order valence-electron chi connectivity index (χ0n) is 18.9. The summed E-state index contributed by atoms with van der Waals surface area (Å²) in [6.45, 7) is 1.60. The van der Waals surface area contributed by atoms with Crippen molar-refractivity contribution in [3.63, 3.8) is 0 Å². The number of nitrogens with one attached hydrogen (secondary N) is 1. The Bertz CT molecular complexity index is 1410. The molecule has 1 fully saturated rings. The molecule has 1 aliphatic heterocycles. The molecule has 0 saturated carbocycles. The van der Waals surface area contributed by atoms with E-state index in [9.17, 15) is 26.9 Å². The summed E-state index contributed by atoms with van der Waals surface area (Å²) in [5.74, 6) is -0.925. The molecule has 184 valence electrons. The molecule has 0 aliphatic carbocycles. The lowest BCUT2D eigenvalue weighted by Gasteiger charge is -2.30. The molecule has 3 aromatic rings. The van der Waals surface area contributed by atoms with E-state index in [4.69, 9.17) is 4.74 Å². The Hall–Kier alpha value is -3.46. The Balaban J connectivity index is 1.79. The highest BCUT2D eigenvalue weighted by atomic mass is 32.2. The van der Waals surface area contributed by atoms with E-state index >= 15 is 0 Å². The van der Waals surface area contributed by atoms with Crippen LogP contribution in [-0.2, 0) is 15.3 Å². The van der Waals surface area contributed by atoms with Crippen molar-refractivity contribution in [2.75, 3.05) is 23.9 Å². The largest absolute Gasteiger partial charge is 0.479 e. The number of benzene rings is 1. The van der Waals surface area contributed by atoms with Crippen LogP contribution in [0.25, 0.3) is 10.9 Å². The van der Waals surface area contributed by atoms with E-state index in [2.05, 4.69) is 26.3 Å². The number of methoxy groups -OCH3 is 1.